The first-order valence-corrected chi connectivity index (χ1v) is 9.45. The van der Waals surface area contributed by atoms with Crippen molar-refractivity contribution in [3.8, 4) is 0 Å². The van der Waals surface area contributed by atoms with Crippen LogP contribution >= 0.6 is 0 Å². The summed E-state index contributed by atoms with van der Waals surface area (Å²) in [4.78, 5) is 39.0. The molecule has 0 spiro atoms. The Hall–Kier alpha value is -2.95. The van der Waals surface area contributed by atoms with Gasteiger partial charge >= 0.3 is 5.97 Å². The molecule has 1 aliphatic heterocycles. The minimum absolute atomic E-state index is 0.0944. The molecule has 28 heavy (non-hydrogen) atoms. The number of ketones is 1. The van der Waals surface area contributed by atoms with Crippen LogP contribution < -0.4 is 4.90 Å². The molecule has 1 aliphatic rings. The van der Waals surface area contributed by atoms with Gasteiger partial charge in [0.05, 0.1) is 5.92 Å². The van der Waals surface area contributed by atoms with Crippen molar-refractivity contribution in [2.45, 2.75) is 40.2 Å². The molecule has 5 heteroatoms. The van der Waals surface area contributed by atoms with Crippen LogP contribution in [-0.2, 0) is 14.3 Å². The van der Waals surface area contributed by atoms with Gasteiger partial charge in [-0.2, -0.15) is 0 Å². The monoisotopic (exact) mass is 379 g/mol. The van der Waals surface area contributed by atoms with Crippen LogP contribution in [0.2, 0.25) is 0 Å². The highest BCUT2D eigenvalue weighted by Gasteiger charge is 2.37. The number of carbonyl (C=O) groups is 3. The lowest BCUT2D eigenvalue weighted by Gasteiger charge is -2.18. The van der Waals surface area contributed by atoms with Crippen molar-refractivity contribution in [2.75, 3.05) is 11.4 Å². The van der Waals surface area contributed by atoms with Crippen LogP contribution in [0, 0.1) is 26.7 Å². The molecule has 0 aliphatic carbocycles. The Kier molecular flexibility index (Phi) is 5.63. The molecule has 1 fully saturated rings. The Morgan fingerprint density at radius 3 is 2.36 bits per heavy atom. The first-order chi connectivity index (χ1) is 13.3. The SMILES string of the molecule is Cc1ccc(C(=O)[C@H](C)OC(=O)[C@H]2CC(=O)N(c3ccc(C)c(C)c3)C2)cc1. The van der Waals surface area contributed by atoms with Crippen molar-refractivity contribution in [3.63, 3.8) is 0 Å². The van der Waals surface area contributed by atoms with Gasteiger partial charge in [-0.05, 0) is 51.0 Å². The molecule has 0 saturated carbocycles. The topological polar surface area (TPSA) is 63.7 Å². The third kappa shape index (κ3) is 4.14. The summed E-state index contributed by atoms with van der Waals surface area (Å²) in [5.74, 6) is -1.43. The van der Waals surface area contributed by atoms with E-state index in [1.807, 2.05) is 51.1 Å². The normalized spacial score (nSPS) is 17.5. The number of amides is 1. The predicted molar refractivity (Wildman–Crippen MR) is 107 cm³/mol. The third-order valence-electron chi connectivity index (χ3n) is 5.26. The molecule has 0 aromatic heterocycles. The molecule has 5 nitrogen and oxygen atoms in total. The summed E-state index contributed by atoms with van der Waals surface area (Å²) in [6, 6.07) is 12.9. The lowest BCUT2D eigenvalue weighted by Crippen LogP contribution is -2.30. The number of esters is 1. The summed E-state index contributed by atoms with van der Waals surface area (Å²) in [5.41, 5.74) is 4.58. The van der Waals surface area contributed by atoms with Gasteiger partial charge in [0.2, 0.25) is 11.7 Å². The van der Waals surface area contributed by atoms with Crippen molar-refractivity contribution in [2.24, 2.45) is 5.92 Å². The number of Topliss-reactive ketones (excluding diaryl/α,β-unsaturated/α-hetero) is 1. The van der Waals surface area contributed by atoms with E-state index in [9.17, 15) is 14.4 Å². The van der Waals surface area contributed by atoms with E-state index < -0.39 is 18.0 Å². The summed E-state index contributed by atoms with van der Waals surface area (Å²) in [6.07, 6.45) is -0.794. The quantitative estimate of drug-likeness (QED) is 0.586. The highest BCUT2D eigenvalue weighted by atomic mass is 16.5. The molecule has 1 heterocycles. The van der Waals surface area contributed by atoms with Crippen molar-refractivity contribution in [3.05, 3.63) is 64.7 Å². The second-order valence-corrected chi connectivity index (χ2v) is 7.48. The number of nitrogens with zero attached hydrogens (tertiary/aromatic N) is 1. The molecular formula is C23H25NO4. The standard InChI is InChI=1S/C23H25NO4/c1-14-5-8-18(9-6-14)22(26)17(4)28-23(27)19-12-21(25)24(13-19)20-10-7-15(2)16(3)11-20/h5-11,17,19H,12-13H2,1-4H3/t17-,19-/m0/s1. The van der Waals surface area contributed by atoms with E-state index in [0.717, 1.165) is 22.4 Å². The van der Waals surface area contributed by atoms with Gasteiger partial charge in [-0.3, -0.25) is 14.4 Å². The van der Waals surface area contributed by atoms with Crippen LogP contribution in [0.5, 0.6) is 0 Å². The van der Waals surface area contributed by atoms with Gasteiger partial charge in [0.15, 0.2) is 6.10 Å². The number of hydrogen-bond donors (Lipinski definition) is 0. The third-order valence-corrected chi connectivity index (χ3v) is 5.26. The average Bonchev–Trinajstić information content (AvgIpc) is 3.06. The van der Waals surface area contributed by atoms with Crippen LogP contribution in [0.1, 0.15) is 40.4 Å². The Balaban J connectivity index is 1.64. The molecule has 0 N–H and O–H groups in total. The minimum Gasteiger partial charge on any atom is -0.454 e. The predicted octanol–water partition coefficient (Wildman–Crippen LogP) is 3.78. The van der Waals surface area contributed by atoms with E-state index in [4.69, 9.17) is 4.74 Å². The molecule has 1 amide bonds. The summed E-state index contributed by atoms with van der Waals surface area (Å²) in [6.45, 7) is 7.78. The zero-order chi connectivity index (χ0) is 20.4. The van der Waals surface area contributed by atoms with E-state index >= 15 is 0 Å². The summed E-state index contributed by atoms with van der Waals surface area (Å²) in [7, 11) is 0. The van der Waals surface area contributed by atoms with Crippen LogP contribution in [-0.4, -0.2) is 30.3 Å². The molecule has 2 aromatic rings. The van der Waals surface area contributed by atoms with E-state index in [-0.39, 0.29) is 24.7 Å². The van der Waals surface area contributed by atoms with Crippen LogP contribution in [0.4, 0.5) is 5.69 Å². The number of rotatable bonds is 5. The van der Waals surface area contributed by atoms with Gasteiger partial charge in [0.25, 0.3) is 0 Å². The molecular weight excluding hydrogens is 354 g/mol. The number of anilines is 1. The molecule has 2 atom stereocenters. The maximum Gasteiger partial charge on any atom is 0.312 e. The Bertz CT molecular complexity index is 917. The van der Waals surface area contributed by atoms with Crippen molar-refractivity contribution in [1.29, 1.82) is 0 Å². The van der Waals surface area contributed by atoms with E-state index in [1.165, 1.54) is 0 Å². The lowest BCUT2D eigenvalue weighted by atomic mass is 10.1. The smallest absolute Gasteiger partial charge is 0.312 e. The van der Waals surface area contributed by atoms with Crippen molar-refractivity contribution in [1.82, 2.24) is 0 Å². The van der Waals surface area contributed by atoms with Gasteiger partial charge in [0.1, 0.15) is 0 Å². The molecule has 2 aromatic carbocycles. The average molecular weight is 379 g/mol. The molecule has 0 unspecified atom stereocenters. The van der Waals surface area contributed by atoms with Crippen molar-refractivity contribution >= 4 is 23.3 Å². The summed E-state index contributed by atoms with van der Waals surface area (Å²) in [5, 5.41) is 0. The second kappa shape index (κ2) is 7.97. The molecule has 146 valence electrons. The number of ether oxygens (including phenoxy) is 1. The first kappa shape index (κ1) is 19.8. The number of hydrogen-bond acceptors (Lipinski definition) is 4. The molecule has 0 bridgehead atoms. The van der Waals surface area contributed by atoms with E-state index in [2.05, 4.69) is 0 Å². The van der Waals surface area contributed by atoms with Crippen molar-refractivity contribution < 1.29 is 19.1 Å². The fourth-order valence-electron chi connectivity index (χ4n) is 3.29. The molecule has 1 saturated heterocycles. The van der Waals surface area contributed by atoms with Crippen LogP contribution in [0.15, 0.2) is 42.5 Å². The zero-order valence-electron chi connectivity index (χ0n) is 16.7. The molecule has 3 rings (SSSR count). The fourth-order valence-corrected chi connectivity index (χ4v) is 3.29. The Morgan fingerprint density at radius 1 is 1.04 bits per heavy atom. The number of carbonyl (C=O) groups excluding carboxylic acids is 3. The highest BCUT2D eigenvalue weighted by Crippen LogP contribution is 2.28. The minimum atomic E-state index is -0.888. The largest absolute Gasteiger partial charge is 0.454 e. The maximum atomic E-state index is 12.5. The van der Waals surface area contributed by atoms with Crippen LogP contribution in [0.25, 0.3) is 0 Å². The summed E-state index contributed by atoms with van der Waals surface area (Å²) < 4.78 is 5.39. The Morgan fingerprint density at radius 2 is 1.71 bits per heavy atom. The summed E-state index contributed by atoms with van der Waals surface area (Å²) >= 11 is 0. The number of aryl methyl sites for hydroxylation is 3. The van der Waals surface area contributed by atoms with Gasteiger partial charge in [-0.1, -0.05) is 35.9 Å². The maximum absolute atomic E-state index is 12.5. The highest BCUT2D eigenvalue weighted by molar-refractivity contribution is 6.02. The van der Waals surface area contributed by atoms with Gasteiger partial charge in [-0.15, -0.1) is 0 Å². The lowest BCUT2D eigenvalue weighted by molar-refractivity contribution is -0.151. The fraction of sp³-hybridized carbons (Fsp3) is 0.348. The van der Waals surface area contributed by atoms with Gasteiger partial charge in [-0.25, -0.2) is 0 Å². The van der Waals surface area contributed by atoms with Crippen LogP contribution in [0.3, 0.4) is 0 Å². The second-order valence-electron chi connectivity index (χ2n) is 7.48. The zero-order valence-corrected chi connectivity index (χ0v) is 16.7. The van der Waals surface area contributed by atoms with Gasteiger partial charge < -0.3 is 9.64 Å². The van der Waals surface area contributed by atoms with E-state index in [1.54, 1.807) is 24.0 Å². The first-order valence-electron chi connectivity index (χ1n) is 9.45. The number of benzene rings is 2. The van der Waals surface area contributed by atoms with E-state index in [0.29, 0.717) is 5.56 Å². The Labute approximate surface area is 165 Å². The van der Waals surface area contributed by atoms with Gasteiger partial charge in [0, 0.05) is 24.2 Å². The molecule has 0 radical (unpaired) electrons.